The molecule has 0 bridgehead atoms. The van der Waals surface area contributed by atoms with Gasteiger partial charge in [0, 0.05) is 0 Å². The van der Waals surface area contributed by atoms with Crippen LogP contribution in [-0.2, 0) is 0 Å². The molecule has 0 radical (unpaired) electrons. The third-order valence-electron chi connectivity index (χ3n) is 2.71. The van der Waals surface area contributed by atoms with Gasteiger partial charge < -0.3 is 0 Å². The van der Waals surface area contributed by atoms with E-state index in [2.05, 4.69) is 26.8 Å². The molecule has 0 N–H and O–H groups in total. The van der Waals surface area contributed by atoms with Crippen LogP contribution in [0.4, 0.5) is 0 Å². The van der Waals surface area contributed by atoms with Crippen molar-refractivity contribution in [2.45, 2.75) is 78.6 Å². The highest BCUT2D eigenvalue weighted by Crippen LogP contribution is 2.12. The van der Waals surface area contributed by atoms with E-state index in [9.17, 15) is 0 Å². The smallest absolute Gasteiger partial charge is 0.0323 e. The Labute approximate surface area is 90.8 Å². The zero-order valence-corrected chi connectivity index (χ0v) is 10.4. The molecule has 0 fully saturated rings. The Morgan fingerprint density at radius 3 is 2.14 bits per heavy atom. The summed E-state index contributed by atoms with van der Waals surface area (Å²) in [4.78, 5) is 0. The van der Waals surface area contributed by atoms with E-state index in [0.717, 1.165) is 0 Å². The fraction of sp³-hybridized carbons (Fsp3) is 0.857. The standard InChI is InChI=1S/C14H28/c1-4-6-8-9-10-11-13-14(3)12-7-5-2/h12H,4-11,13H2,1-3H3. The first kappa shape index (κ1) is 13.7. The Kier molecular flexibility index (Phi) is 10.6. The van der Waals surface area contributed by atoms with Gasteiger partial charge in [-0.05, 0) is 26.2 Å². The molecule has 14 heavy (non-hydrogen) atoms. The lowest BCUT2D eigenvalue weighted by atomic mass is 10.1. The van der Waals surface area contributed by atoms with Crippen LogP contribution in [0.15, 0.2) is 11.6 Å². The number of allylic oxidation sites excluding steroid dienone is 2. The molecule has 0 saturated heterocycles. The van der Waals surface area contributed by atoms with Crippen LogP contribution >= 0.6 is 0 Å². The van der Waals surface area contributed by atoms with Gasteiger partial charge >= 0.3 is 0 Å². The van der Waals surface area contributed by atoms with Crippen molar-refractivity contribution in [3.8, 4) is 0 Å². The van der Waals surface area contributed by atoms with Crippen LogP contribution in [0, 0.1) is 0 Å². The molecule has 0 aliphatic rings. The van der Waals surface area contributed by atoms with Crippen molar-refractivity contribution in [1.29, 1.82) is 0 Å². The van der Waals surface area contributed by atoms with E-state index in [1.165, 1.54) is 57.8 Å². The average molecular weight is 196 g/mol. The van der Waals surface area contributed by atoms with E-state index < -0.39 is 0 Å². The molecule has 0 aliphatic carbocycles. The van der Waals surface area contributed by atoms with E-state index in [0.29, 0.717) is 0 Å². The SMILES string of the molecule is CCCC=C(C)CCCCCCCC. The first-order valence-corrected chi connectivity index (χ1v) is 6.46. The van der Waals surface area contributed by atoms with E-state index in [1.807, 2.05) is 0 Å². The van der Waals surface area contributed by atoms with Gasteiger partial charge in [-0.2, -0.15) is 0 Å². The minimum atomic E-state index is 1.27. The molecule has 84 valence electrons. The fourth-order valence-corrected chi connectivity index (χ4v) is 1.68. The quantitative estimate of drug-likeness (QED) is 0.338. The monoisotopic (exact) mass is 196 g/mol. The van der Waals surface area contributed by atoms with Gasteiger partial charge in [0.1, 0.15) is 0 Å². The molecule has 0 saturated carbocycles. The van der Waals surface area contributed by atoms with Crippen LogP contribution in [0.2, 0.25) is 0 Å². The lowest BCUT2D eigenvalue weighted by Gasteiger charge is -2.01. The predicted molar refractivity (Wildman–Crippen MR) is 66.7 cm³/mol. The van der Waals surface area contributed by atoms with Crippen molar-refractivity contribution < 1.29 is 0 Å². The normalized spacial score (nSPS) is 12.1. The van der Waals surface area contributed by atoms with Crippen LogP contribution in [0.5, 0.6) is 0 Å². The van der Waals surface area contributed by atoms with Crippen molar-refractivity contribution in [3.63, 3.8) is 0 Å². The van der Waals surface area contributed by atoms with Crippen molar-refractivity contribution >= 4 is 0 Å². The van der Waals surface area contributed by atoms with Crippen molar-refractivity contribution in [2.75, 3.05) is 0 Å². The second-order valence-electron chi connectivity index (χ2n) is 4.36. The van der Waals surface area contributed by atoms with Crippen LogP contribution in [0.3, 0.4) is 0 Å². The summed E-state index contributed by atoms with van der Waals surface area (Å²) in [6.45, 7) is 6.80. The van der Waals surface area contributed by atoms with Gasteiger partial charge in [-0.15, -0.1) is 0 Å². The minimum absolute atomic E-state index is 1.27. The van der Waals surface area contributed by atoms with Crippen molar-refractivity contribution in [1.82, 2.24) is 0 Å². The fourth-order valence-electron chi connectivity index (χ4n) is 1.68. The molecular weight excluding hydrogens is 168 g/mol. The Hall–Kier alpha value is -0.260. The summed E-state index contributed by atoms with van der Waals surface area (Å²) >= 11 is 0. The summed E-state index contributed by atoms with van der Waals surface area (Å²) in [7, 11) is 0. The Morgan fingerprint density at radius 2 is 1.50 bits per heavy atom. The summed E-state index contributed by atoms with van der Waals surface area (Å²) in [5, 5.41) is 0. The molecule has 0 unspecified atom stereocenters. The minimum Gasteiger partial charge on any atom is -0.0856 e. The topological polar surface area (TPSA) is 0 Å². The molecule has 0 atom stereocenters. The maximum absolute atomic E-state index is 2.41. The molecule has 0 aromatic carbocycles. The molecule has 0 heterocycles. The molecule has 0 amide bonds. The van der Waals surface area contributed by atoms with Crippen LogP contribution in [0.1, 0.15) is 78.6 Å². The average Bonchev–Trinajstić information content (AvgIpc) is 2.20. The third kappa shape index (κ3) is 9.83. The zero-order valence-electron chi connectivity index (χ0n) is 10.4. The largest absolute Gasteiger partial charge is 0.0856 e. The highest BCUT2D eigenvalue weighted by atomic mass is 14.0. The molecule has 0 aromatic heterocycles. The van der Waals surface area contributed by atoms with Gasteiger partial charge in [-0.25, -0.2) is 0 Å². The number of unbranched alkanes of at least 4 members (excludes halogenated alkanes) is 6. The summed E-state index contributed by atoms with van der Waals surface area (Å²) in [5.74, 6) is 0. The van der Waals surface area contributed by atoms with Crippen molar-refractivity contribution in [2.24, 2.45) is 0 Å². The number of hydrogen-bond acceptors (Lipinski definition) is 0. The van der Waals surface area contributed by atoms with Gasteiger partial charge in [0.25, 0.3) is 0 Å². The Balaban J connectivity index is 3.18. The summed E-state index contributed by atoms with van der Waals surface area (Å²) in [6.07, 6.45) is 14.8. The van der Waals surface area contributed by atoms with E-state index in [4.69, 9.17) is 0 Å². The highest BCUT2D eigenvalue weighted by molar-refractivity contribution is 4.97. The Morgan fingerprint density at radius 1 is 0.857 bits per heavy atom. The Bertz CT molecular complexity index is 133. The summed E-state index contributed by atoms with van der Waals surface area (Å²) in [5.41, 5.74) is 1.60. The van der Waals surface area contributed by atoms with Gasteiger partial charge in [-0.3, -0.25) is 0 Å². The van der Waals surface area contributed by atoms with E-state index >= 15 is 0 Å². The molecular formula is C14H28. The molecule has 0 heteroatoms. The first-order valence-electron chi connectivity index (χ1n) is 6.46. The maximum Gasteiger partial charge on any atom is -0.0323 e. The summed E-state index contributed by atoms with van der Waals surface area (Å²) in [6, 6.07) is 0. The number of rotatable bonds is 9. The second-order valence-corrected chi connectivity index (χ2v) is 4.36. The molecule has 0 aromatic rings. The maximum atomic E-state index is 2.41. The van der Waals surface area contributed by atoms with Gasteiger partial charge in [0.15, 0.2) is 0 Å². The summed E-state index contributed by atoms with van der Waals surface area (Å²) < 4.78 is 0. The van der Waals surface area contributed by atoms with Gasteiger partial charge in [0.05, 0.1) is 0 Å². The molecule has 0 rings (SSSR count). The lowest BCUT2D eigenvalue weighted by Crippen LogP contribution is -1.81. The lowest BCUT2D eigenvalue weighted by molar-refractivity contribution is 0.606. The van der Waals surface area contributed by atoms with Crippen molar-refractivity contribution in [3.05, 3.63) is 11.6 Å². The van der Waals surface area contributed by atoms with Crippen LogP contribution < -0.4 is 0 Å². The molecule has 0 nitrogen and oxygen atoms in total. The van der Waals surface area contributed by atoms with Gasteiger partial charge in [0.2, 0.25) is 0 Å². The second kappa shape index (κ2) is 10.8. The predicted octanol–water partition coefficient (Wildman–Crippen LogP) is 5.48. The van der Waals surface area contributed by atoms with E-state index in [-0.39, 0.29) is 0 Å². The van der Waals surface area contributed by atoms with E-state index in [1.54, 1.807) is 5.57 Å². The highest BCUT2D eigenvalue weighted by Gasteiger charge is 1.92. The zero-order chi connectivity index (χ0) is 10.6. The number of hydrogen-bond donors (Lipinski definition) is 0. The van der Waals surface area contributed by atoms with Crippen LogP contribution in [-0.4, -0.2) is 0 Å². The third-order valence-corrected chi connectivity index (χ3v) is 2.71. The van der Waals surface area contributed by atoms with Crippen LogP contribution in [0.25, 0.3) is 0 Å². The van der Waals surface area contributed by atoms with Gasteiger partial charge in [-0.1, -0.05) is 64.0 Å². The first-order chi connectivity index (χ1) is 6.81. The molecule has 0 spiro atoms. The molecule has 0 aliphatic heterocycles.